The predicted molar refractivity (Wildman–Crippen MR) is 103 cm³/mol. The second-order valence-corrected chi connectivity index (χ2v) is 6.75. The second-order valence-electron chi connectivity index (χ2n) is 6.75. The van der Waals surface area contributed by atoms with Crippen LogP contribution < -0.4 is 5.32 Å². The van der Waals surface area contributed by atoms with Crippen LogP contribution in [-0.2, 0) is 27.3 Å². The number of esters is 1. The van der Waals surface area contributed by atoms with Gasteiger partial charge in [-0.3, -0.25) is 9.59 Å². The Balaban J connectivity index is 1.46. The number of carbonyl (C=O) groups is 2. The Labute approximate surface area is 167 Å². The molecule has 152 valence electrons. The van der Waals surface area contributed by atoms with E-state index >= 15 is 0 Å². The minimum atomic E-state index is -0.487. The minimum Gasteiger partial charge on any atom is -0.456 e. The SMILES string of the molecule is Cc1ccc(CNC(=O)COC(=O)CCc2c(C)nc3ncnn3c2C)cc1F. The van der Waals surface area contributed by atoms with E-state index in [-0.39, 0.29) is 25.4 Å². The Morgan fingerprint density at radius 1 is 1.24 bits per heavy atom. The number of amides is 1. The van der Waals surface area contributed by atoms with E-state index in [1.807, 2.05) is 13.8 Å². The first-order valence-electron chi connectivity index (χ1n) is 9.18. The Morgan fingerprint density at radius 2 is 2.03 bits per heavy atom. The van der Waals surface area contributed by atoms with Crippen molar-refractivity contribution in [3.63, 3.8) is 0 Å². The highest BCUT2D eigenvalue weighted by Crippen LogP contribution is 2.15. The van der Waals surface area contributed by atoms with Gasteiger partial charge in [-0.1, -0.05) is 12.1 Å². The summed E-state index contributed by atoms with van der Waals surface area (Å²) in [5, 5.41) is 6.71. The average molecular weight is 399 g/mol. The highest BCUT2D eigenvalue weighted by atomic mass is 19.1. The zero-order chi connectivity index (χ0) is 21.0. The zero-order valence-electron chi connectivity index (χ0n) is 16.5. The van der Waals surface area contributed by atoms with Crippen molar-refractivity contribution in [1.29, 1.82) is 0 Å². The topological polar surface area (TPSA) is 98.5 Å². The monoisotopic (exact) mass is 399 g/mol. The Bertz CT molecular complexity index is 1060. The van der Waals surface area contributed by atoms with Crippen molar-refractivity contribution in [2.24, 2.45) is 0 Å². The molecule has 0 bridgehead atoms. The van der Waals surface area contributed by atoms with Crippen molar-refractivity contribution in [2.45, 2.75) is 40.2 Å². The molecule has 29 heavy (non-hydrogen) atoms. The van der Waals surface area contributed by atoms with Gasteiger partial charge in [0.2, 0.25) is 0 Å². The van der Waals surface area contributed by atoms with Gasteiger partial charge < -0.3 is 10.1 Å². The van der Waals surface area contributed by atoms with Gasteiger partial charge in [-0.15, -0.1) is 0 Å². The van der Waals surface area contributed by atoms with E-state index in [2.05, 4.69) is 20.4 Å². The summed E-state index contributed by atoms with van der Waals surface area (Å²) in [5.41, 5.74) is 3.71. The Hall–Kier alpha value is -3.36. The molecule has 0 saturated heterocycles. The smallest absolute Gasteiger partial charge is 0.306 e. The normalized spacial score (nSPS) is 10.9. The van der Waals surface area contributed by atoms with Gasteiger partial charge in [0.15, 0.2) is 6.61 Å². The molecule has 2 aromatic heterocycles. The molecular weight excluding hydrogens is 377 g/mol. The number of hydrogen-bond acceptors (Lipinski definition) is 6. The first-order valence-corrected chi connectivity index (χ1v) is 9.18. The molecule has 1 N–H and O–H groups in total. The molecule has 9 heteroatoms. The fraction of sp³-hybridized carbons (Fsp3) is 0.350. The fourth-order valence-electron chi connectivity index (χ4n) is 2.96. The second kappa shape index (κ2) is 8.76. The van der Waals surface area contributed by atoms with Crippen LogP contribution >= 0.6 is 0 Å². The van der Waals surface area contributed by atoms with Crippen LogP contribution in [0.25, 0.3) is 5.78 Å². The van der Waals surface area contributed by atoms with Crippen LogP contribution in [0.4, 0.5) is 4.39 Å². The molecule has 0 radical (unpaired) electrons. The zero-order valence-corrected chi connectivity index (χ0v) is 16.5. The van der Waals surface area contributed by atoms with Crippen molar-refractivity contribution in [3.8, 4) is 0 Å². The molecule has 0 spiro atoms. The third-order valence-electron chi connectivity index (χ3n) is 4.66. The highest BCUT2D eigenvalue weighted by Gasteiger charge is 2.14. The molecule has 3 rings (SSSR count). The lowest BCUT2D eigenvalue weighted by atomic mass is 10.1. The number of aryl methyl sites for hydroxylation is 3. The summed E-state index contributed by atoms with van der Waals surface area (Å²) in [4.78, 5) is 32.3. The molecular formula is C20H22FN5O3. The van der Waals surface area contributed by atoms with Gasteiger partial charge in [0.1, 0.15) is 12.1 Å². The summed E-state index contributed by atoms with van der Waals surface area (Å²) in [6.07, 6.45) is 1.96. The third kappa shape index (κ3) is 4.92. The Kier molecular flexibility index (Phi) is 6.16. The van der Waals surface area contributed by atoms with Gasteiger partial charge in [0.25, 0.3) is 11.7 Å². The van der Waals surface area contributed by atoms with E-state index < -0.39 is 11.9 Å². The van der Waals surface area contributed by atoms with Crippen molar-refractivity contribution < 1.29 is 18.7 Å². The summed E-state index contributed by atoms with van der Waals surface area (Å²) < 4.78 is 20.2. The van der Waals surface area contributed by atoms with Gasteiger partial charge in [-0.25, -0.2) is 13.9 Å². The van der Waals surface area contributed by atoms with Gasteiger partial charge in [-0.2, -0.15) is 10.1 Å². The van der Waals surface area contributed by atoms with Crippen molar-refractivity contribution in [3.05, 3.63) is 58.4 Å². The number of hydrogen-bond donors (Lipinski definition) is 1. The van der Waals surface area contributed by atoms with Crippen molar-refractivity contribution in [2.75, 3.05) is 6.61 Å². The molecule has 1 aromatic carbocycles. The molecule has 0 atom stereocenters. The molecule has 8 nitrogen and oxygen atoms in total. The first-order chi connectivity index (χ1) is 13.8. The molecule has 0 aliphatic heterocycles. The van der Waals surface area contributed by atoms with E-state index in [1.165, 1.54) is 12.4 Å². The lowest BCUT2D eigenvalue weighted by molar-refractivity contribution is -0.148. The summed E-state index contributed by atoms with van der Waals surface area (Å²) >= 11 is 0. The van der Waals surface area contributed by atoms with Crippen LogP contribution in [0.1, 0.15) is 34.5 Å². The van der Waals surface area contributed by atoms with Crippen LogP contribution in [0, 0.1) is 26.6 Å². The molecule has 0 aliphatic rings. The first kappa shape index (κ1) is 20.4. The maximum absolute atomic E-state index is 13.5. The van der Waals surface area contributed by atoms with Crippen LogP contribution in [0.3, 0.4) is 0 Å². The summed E-state index contributed by atoms with van der Waals surface area (Å²) in [6.45, 7) is 5.18. The Morgan fingerprint density at radius 3 is 2.79 bits per heavy atom. The standard InChI is InChI=1S/C20H22FN5O3/c1-12-4-5-15(8-17(12)21)9-22-18(27)10-29-19(28)7-6-16-13(2)25-20-23-11-24-26(20)14(16)3/h4-5,8,11H,6-7,9-10H2,1-3H3,(H,22,27). The number of benzene rings is 1. The van der Waals surface area contributed by atoms with E-state index in [9.17, 15) is 14.0 Å². The quantitative estimate of drug-likeness (QED) is 0.610. The third-order valence-corrected chi connectivity index (χ3v) is 4.66. The van der Waals surface area contributed by atoms with Gasteiger partial charge in [0, 0.05) is 24.4 Å². The van der Waals surface area contributed by atoms with E-state index in [1.54, 1.807) is 23.6 Å². The number of halogens is 1. The highest BCUT2D eigenvalue weighted by molar-refractivity contribution is 5.80. The average Bonchev–Trinajstić information content (AvgIpc) is 3.15. The molecule has 0 saturated carbocycles. The molecule has 0 fully saturated rings. The summed E-state index contributed by atoms with van der Waals surface area (Å²) in [7, 11) is 0. The van der Waals surface area contributed by atoms with E-state index in [0.717, 1.165) is 17.0 Å². The van der Waals surface area contributed by atoms with Crippen molar-refractivity contribution in [1.82, 2.24) is 24.9 Å². The van der Waals surface area contributed by atoms with Gasteiger partial charge >= 0.3 is 5.97 Å². The lowest BCUT2D eigenvalue weighted by Gasteiger charge is -2.10. The van der Waals surface area contributed by atoms with Crippen LogP contribution in [0.2, 0.25) is 0 Å². The van der Waals surface area contributed by atoms with Crippen LogP contribution in [-0.4, -0.2) is 38.1 Å². The van der Waals surface area contributed by atoms with Crippen LogP contribution in [0.15, 0.2) is 24.5 Å². The van der Waals surface area contributed by atoms with E-state index in [4.69, 9.17) is 4.74 Å². The minimum absolute atomic E-state index is 0.111. The van der Waals surface area contributed by atoms with Crippen molar-refractivity contribution >= 4 is 17.7 Å². The van der Waals surface area contributed by atoms with E-state index in [0.29, 0.717) is 23.3 Å². The van der Waals surface area contributed by atoms with Gasteiger partial charge in [-0.05, 0) is 49.9 Å². The number of rotatable bonds is 7. The lowest BCUT2D eigenvalue weighted by Crippen LogP contribution is -2.28. The number of fused-ring (bicyclic) bond motifs is 1. The molecule has 0 unspecified atom stereocenters. The van der Waals surface area contributed by atoms with Gasteiger partial charge in [0.05, 0.1) is 0 Å². The number of aromatic nitrogens is 4. The molecule has 3 aromatic rings. The largest absolute Gasteiger partial charge is 0.456 e. The number of ether oxygens (including phenoxy) is 1. The number of nitrogens with one attached hydrogen (secondary N) is 1. The molecule has 0 aliphatic carbocycles. The predicted octanol–water partition coefficient (Wildman–Crippen LogP) is 1.98. The maximum Gasteiger partial charge on any atom is 0.306 e. The molecule has 2 heterocycles. The number of nitrogens with zero attached hydrogens (tertiary/aromatic N) is 4. The maximum atomic E-state index is 13.5. The summed E-state index contributed by atoms with van der Waals surface area (Å²) in [6, 6.07) is 4.74. The summed E-state index contributed by atoms with van der Waals surface area (Å²) in [5.74, 6) is -0.750. The fourth-order valence-corrected chi connectivity index (χ4v) is 2.96. The molecule has 1 amide bonds. The number of carbonyl (C=O) groups excluding carboxylic acids is 2. The van der Waals surface area contributed by atoms with Crippen LogP contribution in [0.5, 0.6) is 0 Å².